The molecule has 2 heterocycles. The molecule has 0 aliphatic carbocycles. The van der Waals surface area contributed by atoms with Crippen LogP contribution in [0.15, 0.2) is 61.0 Å². The lowest BCUT2D eigenvalue weighted by Gasteiger charge is -2.26. The van der Waals surface area contributed by atoms with Crippen LogP contribution in [-0.2, 0) is 20.9 Å². The van der Waals surface area contributed by atoms with Gasteiger partial charge in [0.15, 0.2) is 6.61 Å². The fourth-order valence-electron chi connectivity index (χ4n) is 4.35. The predicted molar refractivity (Wildman–Crippen MR) is 135 cm³/mol. The molecule has 0 saturated heterocycles. The number of carbonyl (C=O) groups excluding carboxylic acids is 4. The quantitative estimate of drug-likeness (QED) is 0.604. The van der Waals surface area contributed by atoms with Crippen LogP contribution < -0.4 is 15.0 Å². The first kappa shape index (κ1) is 24.7. The summed E-state index contributed by atoms with van der Waals surface area (Å²) in [6.45, 7) is 12.2. The van der Waals surface area contributed by atoms with Gasteiger partial charge in [0, 0.05) is 25.7 Å². The molecule has 36 heavy (non-hydrogen) atoms. The van der Waals surface area contributed by atoms with E-state index < -0.39 is 5.91 Å². The number of nitrogens with one attached hydrogen (secondary N) is 1. The number of rotatable bonds is 7. The van der Waals surface area contributed by atoms with E-state index in [2.05, 4.69) is 18.5 Å². The summed E-state index contributed by atoms with van der Waals surface area (Å²) in [4.78, 5) is 54.7. The molecular weight excluding hydrogens is 460 g/mol. The Balaban J connectivity index is 1.56. The minimum atomic E-state index is -0.668. The molecule has 2 aliphatic heterocycles. The number of carbonyl (C=O) groups is 4. The van der Waals surface area contributed by atoms with E-state index in [0.29, 0.717) is 30.1 Å². The topological polar surface area (TPSA) is 99.3 Å². The Bertz CT molecular complexity index is 1310. The van der Waals surface area contributed by atoms with Crippen LogP contribution in [-0.4, -0.2) is 60.2 Å². The van der Waals surface area contributed by atoms with E-state index in [1.54, 1.807) is 30.1 Å². The van der Waals surface area contributed by atoms with Crippen molar-refractivity contribution >= 4 is 29.3 Å². The van der Waals surface area contributed by atoms with Crippen molar-refractivity contribution in [2.75, 3.05) is 31.6 Å². The molecule has 0 fully saturated rings. The van der Waals surface area contributed by atoms with Crippen molar-refractivity contribution in [2.24, 2.45) is 0 Å². The van der Waals surface area contributed by atoms with Crippen LogP contribution in [0.1, 0.15) is 29.8 Å². The lowest BCUT2D eigenvalue weighted by atomic mass is 9.96. The second-order valence-corrected chi connectivity index (χ2v) is 8.50. The second-order valence-electron chi connectivity index (χ2n) is 8.50. The summed E-state index contributed by atoms with van der Waals surface area (Å²) in [6, 6.07) is 10.9. The number of amides is 4. The van der Waals surface area contributed by atoms with Crippen molar-refractivity contribution < 1.29 is 23.9 Å². The first-order valence-corrected chi connectivity index (χ1v) is 11.6. The highest BCUT2D eigenvalue weighted by atomic mass is 16.5. The minimum Gasteiger partial charge on any atom is -0.482 e. The molecule has 0 unspecified atom stereocenters. The molecule has 0 saturated carbocycles. The smallest absolute Gasteiger partial charge is 0.271 e. The van der Waals surface area contributed by atoms with Gasteiger partial charge in [-0.2, -0.15) is 0 Å². The zero-order valence-electron chi connectivity index (χ0n) is 20.6. The third-order valence-corrected chi connectivity index (χ3v) is 6.49. The Morgan fingerprint density at radius 3 is 2.47 bits per heavy atom. The van der Waals surface area contributed by atoms with Gasteiger partial charge in [-0.1, -0.05) is 31.4 Å². The number of likely N-dealkylation sites (N-methyl/N-ethyl adjacent to an activating group) is 2. The fourth-order valence-corrected chi connectivity index (χ4v) is 4.35. The Hall–Kier alpha value is -4.40. The number of hydrogen-bond acceptors (Lipinski definition) is 5. The van der Waals surface area contributed by atoms with Crippen LogP contribution in [0.3, 0.4) is 0 Å². The van der Waals surface area contributed by atoms with E-state index in [9.17, 15) is 19.2 Å². The van der Waals surface area contributed by atoms with E-state index in [1.165, 1.54) is 9.80 Å². The predicted octanol–water partition coefficient (Wildman–Crippen LogP) is 2.68. The molecule has 9 heteroatoms. The minimum absolute atomic E-state index is 0.0386. The van der Waals surface area contributed by atoms with Gasteiger partial charge in [0.25, 0.3) is 23.6 Å². The van der Waals surface area contributed by atoms with Crippen LogP contribution in [0.25, 0.3) is 11.1 Å². The molecule has 4 amide bonds. The standard InChI is InChI=1S/C27H28N4O5/c1-6-30(7-2)26(34)16(3)28-25(33)17(4)31-14-21-19(9-8-10-20(21)27(31)35)18-11-12-22-23(13-18)36-15-24(32)29(22)5/h8-13H,3-4,6-7,14-15H2,1-2,5H3,(H,28,33). The maximum Gasteiger partial charge on any atom is 0.271 e. The molecule has 0 atom stereocenters. The van der Waals surface area contributed by atoms with Crippen LogP contribution in [0.4, 0.5) is 5.69 Å². The lowest BCUT2D eigenvalue weighted by Crippen LogP contribution is -2.40. The first-order valence-electron chi connectivity index (χ1n) is 11.6. The van der Waals surface area contributed by atoms with Crippen molar-refractivity contribution in [1.82, 2.24) is 15.1 Å². The Morgan fingerprint density at radius 1 is 1.08 bits per heavy atom. The summed E-state index contributed by atoms with van der Waals surface area (Å²) in [6.07, 6.45) is 0. The van der Waals surface area contributed by atoms with Gasteiger partial charge in [0.2, 0.25) is 0 Å². The van der Waals surface area contributed by atoms with E-state index in [1.807, 2.05) is 32.0 Å². The molecule has 0 spiro atoms. The molecule has 0 bridgehead atoms. The summed E-state index contributed by atoms with van der Waals surface area (Å²) >= 11 is 0. The molecule has 9 nitrogen and oxygen atoms in total. The summed E-state index contributed by atoms with van der Waals surface area (Å²) in [5.74, 6) is -0.962. The highest BCUT2D eigenvalue weighted by Gasteiger charge is 2.34. The number of hydrogen-bond donors (Lipinski definition) is 1. The average Bonchev–Trinajstić information content (AvgIpc) is 3.22. The van der Waals surface area contributed by atoms with E-state index >= 15 is 0 Å². The van der Waals surface area contributed by atoms with Crippen LogP contribution >= 0.6 is 0 Å². The summed E-state index contributed by atoms with van der Waals surface area (Å²) in [5, 5.41) is 2.47. The molecule has 186 valence electrons. The third kappa shape index (κ3) is 4.24. The molecule has 2 aromatic carbocycles. The normalized spacial score (nSPS) is 14.1. The van der Waals surface area contributed by atoms with Crippen LogP contribution in [0.2, 0.25) is 0 Å². The zero-order valence-corrected chi connectivity index (χ0v) is 20.6. The summed E-state index contributed by atoms with van der Waals surface area (Å²) < 4.78 is 5.61. The molecule has 0 aromatic heterocycles. The first-order chi connectivity index (χ1) is 17.2. The number of ether oxygens (including phenoxy) is 1. The van der Waals surface area contributed by atoms with Crippen molar-refractivity contribution in [3.63, 3.8) is 0 Å². The van der Waals surface area contributed by atoms with Crippen molar-refractivity contribution in [3.8, 4) is 16.9 Å². The average molecular weight is 489 g/mol. The second kappa shape index (κ2) is 9.69. The van der Waals surface area contributed by atoms with E-state index in [0.717, 1.165) is 16.7 Å². The summed E-state index contributed by atoms with van der Waals surface area (Å²) in [5.41, 5.74) is 3.35. The lowest BCUT2D eigenvalue weighted by molar-refractivity contribution is -0.129. The number of anilines is 1. The molecule has 4 rings (SSSR count). The van der Waals surface area contributed by atoms with Crippen molar-refractivity contribution in [2.45, 2.75) is 20.4 Å². The van der Waals surface area contributed by atoms with Gasteiger partial charge in [-0.3, -0.25) is 24.1 Å². The van der Waals surface area contributed by atoms with Crippen molar-refractivity contribution in [3.05, 3.63) is 72.1 Å². The monoisotopic (exact) mass is 488 g/mol. The maximum absolute atomic E-state index is 13.2. The highest BCUT2D eigenvalue weighted by molar-refractivity contribution is 6.08. The number of nitrogens with zero attached hydrogens (tertiary/aromatic N) is 3. The molecule has 2 aromatic rings. The van der Waals surface area contributed by atoms with Crippen LogP contribution in [0.5, 0.6) is 5.75 Å². The number of fused-ring (bicyclic) bond motifs is 2. The molecule has 0 radical (unpaired) electrons. The van der Waals surface area contributed by atoms with Gasteiger partial charge >= 0.3 is 0 Å². The Morgan fingerprint density at radius 2 is 1.78 bits per heavy atom. The Kier molecular flexibility index (Phi) is 6.65. The molecule has 1 N–H and O–H groups in total. The largest absolute Gasteiger partial charge is 0.482 e. The maximum atomic E-state index is 13.2. The molecular formula is C27H28N4O5. The van der Waals surface area contributed by atoms with Gasteiger partial charge in [-0.25, -0.2) is 0 Å². The fraction of sp³-hybridized carbons (Fsp3) is 0.259. The number of benzene rings is 2. The van der Waals surface area contributed by atoms with Gasteiger partial charge in [0.05, 0.1) is 17.9 Å². The van der Waals surface area contributed by atoms with Gasteiger partial charge in [0.1, 0.15) is 11.4 Å². The Labute approximate surface area is 209 Å². The zero-order chi connectivity index (χ0) is 26.1. The highest BCUT2D eigenvalue weighted by Crippen LogP contribution is 2.39. The van der Waals surface area contributed by atoms with Gasteiger partial charge in [-0.15, -0.1) is 0 Å². The van der Waals surface area contributed by atoms with E-state index in [-0.39, 0.29) is 42.3 Å². The van der Waals surface area contributed by atoms with Crippen molar-refractivity contribution in [1.29, 1.82) is 0 Å². The SMILES string of the molecule is C=C(NC(=O)C(=C)N1Cc2c(cccc2-c2ccc3c(c2)OCC(=O)N3C)C1=O)C(=O)N(CC)CC. The van der Waals surface area contributed by atoms with Gasteiger partial charge in [-0.05, 0) is 48.7 Å². The van der Waals surface area contributed by atoms with Crippen LogP contribution in [0, 0.1) is 0 Å². The van der Waals surface area contributed by atoms with Gasteiger partial charge < -0.3 is 19.9 Å². The van der Waals surface area contributed by atoms with E-state index in [4.69, 9.17) is 4.74 Å². The third-order valence-electron chi connectivity index (χ3n) is 6.49. The summed E-state index contributed by atoms with van der Waals surface area (Å²) in [7, 11) is 1.70. The molecule has 2 aliphatic rings.